The Labute approximate surface area is 161 Å². The fourth-order valence-electron chi connectivity index (χ4n) is 3.07. The van der Waals surface area contributed by atoms with Gasteiger partial charge in [0.15, 0.2) is 5.82 Å². The van der Waals surface area contributed by atoms with E-state index >= 15 is 0 Å². The SMILES string of the molecule is Cc1noc2nc(C(C)C)cc(C(=O)Nc3cccc(-c4nncn4C)c3)c12. The third-order valence-corrected chi connectivity index (χ3v) is 4.56. The summed E-state index contributed by atoms with van der Waals surface area (Å²) in [5, 5.41) is 15.6. The van der Waals surface area contributed by atoms with Gasteiger partial charge in [0.2, 0.25) is 0 Å². The Hall–Kier alpha value is -3.55. The van der Waals surface area contributed by atoms with E-state index in [-0.39, 0.29) is 11.8 Å². The molecule has 0 saturated carbocycles. The Morgan fingerprint density at radius 1 is 1.25 bits per heavy atom. The Morgan fingerprint density at radius 2 is 2.07 bits per heavy atom. The molecule has 0 aliphatic carbocycles. The van der Waals surface area contributed by atoms with Crippen molar-refractivity contribution in [3.63, 3.8) is 0 Å². The number of pyridine rings is 1. The Bertz CT molecular complexity index is 1170. The summed E-state index contributed by atoms with van der Waals surface area (Å²) < 4.78 is 7.12. The van der Waals surface area contributed by atoms with E-state index in [2.05, 4.69) is 25.7 Å². The van der Waals surface area contributed by atoms with Gasteiger partial charge in [-0.1, -0.05) is 31.1 Å². The molecule has 0 unspecified atom stereocenters. The lowest BCUT2D eigenvalue weighted by Gasteiger charge is -2.10. The van der Waals surface area contributed by atoms with Crippen LogP contribution in [-0.2, 0) is 7.05 Å². The standard InChI is InChI=1S/C20H20N6O2/c1-11(2)16-9-15(17-12(3)25-28-20(17)23-16)19(27)22-14-7-5-6-13(8-14)18-24-21-10-26(18)4/h5-11H,1-4H3,(H,22,27). The van der Waals surface area contributed by atoms with E-state index in [4.69, 9.17) is 4.52 Å². The molecule has 0 spiro atoms. The zero-order valence-electron chi connectivity index (χ0n) is 16.1. The van der Waals surface area contributed by atoms with Crippen molar-refractivity contribution in [3.8, 4) is 11.4 Å². The smallest absolute Gasteiger partial charge is 0.259 e. The predicted molar refractivity (Wildman–Crippen MR) is 105 cm³/mol. The fourth-order valence-corrected chi connectivity index (χ4v) is 3.07. The van der Waals surface area contributed by atoms with Gasteiger partial charge in [0, 0.05) is 24.0 Å². The summed E-state index contributed by atoms with van der Waals surface area (Å²) in [5.74, 6) is 0.635. The normalized spacial score (nSPS) is 11.3. The van der Waals surface area contributed by atoms with Crippen molar-refractivity contribution < 1.29 is 9.32 Å². The van der Waals surface area contributed by atoms with Crippen LogP contribution in [0.4, 0.5) is 5.69 Å². The highest BCUT2D eigenvalue weighted by Crippen LogP contribution is 2.26. The Balaban J connectivity index is 1.71. The van der Waals surface area contributed by atoms with Gasteiger partial charge < -0.3 is 14.4 Å². The highest BCUT2D eigenvalue weighted by molar-refractivity contribution is 6.12. The van der Waals surface area contributed by atoms with Gasteiger partial charge in [-0.25, -0.2) is 4.98 Å². The first-order valence-electron chi connectivity index (χ1n) is 8.96. The van der Waals surface area contributed by atoms with Crippen molar-refractivity contribution in [2.45, 2.75) is 26.7 Å². The molecule has 0 bridgehead atoms. The number of carbonyl (C=O) groups excluding carboxylic acids is 1. The predicted octanol–water partition coefficient (Wildman–Crippen LogP) is 3.70. The summed E-state index contributed by atoms with van der Waals surface area (Å²) in [7, 11) is 1.87. The van der Waals surface area contributed by atoms with E-state index in [1.807, 2.05) is 49.7 Å². The van der Waals surface area contributed by atoms with Crippen LogP contribution in [-0.4, -0.2) is 30.8 Å². The monoisotopic (exact) mass is 376 g/mol. The quantitative estimate of drug-likeness (QED) is 0.583. The van der Waals surface area contributed by atoms with Crippen LogP contribution in [0.1, 0.15) is 41.5 Å². The first-order valence-corrected chi connectivity index (χ1v) is 8.96. The average molecular weight is 376 g/mol. The third-order valence-electron chi connectivity index (χ3n) is 4.56. The number of aromatic nitrogens is 5. The molecule has 0 fully saturated rings. The van der Waals surface area contributed by atoms with Gasteiger partial charge in [-0.3, -0.25) is 4.79 Å². The van der Waals surface area contributed by atoms with Crippen LogP contribution >= 0.6 is 0 Å². The van der Waals surface area contributed by atoms with Gasteiger partial charge in [-0.15, -0.1) is 10.2 Å². The summed E-state index contributed by atoms with van der Waals surface area (Å²) in [5.41, 5.74) is 3.81. The number of amides is 1. The van der Waals surface area contributed by atoms with Crippen LogP contribution in [0, 0.1) is 6.92 Å². The number of rotatable bonds is 4. The highest BCUT2D eigenvalue weighted by atomic mass is 16.5. The molecule has 28 heavy (non-hydrogen) atoms. The molecule has 0 radical (unpaired) electrons. The topological polar surface area (TPSA) is 98.7 Å². The number of aryl methyl sites for hydroxylation is 2. The summed E-state index contributed by atoms with van der Waals surface area (Å²) in [4.78, 5) is 17.6. The minimum absolute atomic E-state index is 0.153. The van der Waals surface area contributed by atoms with Gasteiger partial charge in [0.05, 0.1) is 16.6 Å². The van der Waals surface area contributed by atoms with Crippen molar-refractivity contribution in [3.05, 3.63) is 53.6 Å². The van der Waals surface area contributed by atoms with E-state index in [1.54, 1.807) is 19.3 Å². The number of hydrogen-bond donors (Lipinski definition) is 1. The maximum absolute atomic E-state index is 13.1. The zero-order chi connectivity index (χ0) is 19.8. The molecule has 8 nitrogen and oxygen atoms in total. The van der Waals surface area contributed by atoms with Crippen LogP contribution in [0.15, 0.2) is 41.2 Å². The second-order valence-corrected chi connectivity index (χ2v) is 7.00. The molecule has 1 N–H and O–H groups in total. The number of nitrogens with zero attached hydrogens (tertiary/aromatic N) is 5. The summed E-state index contributed by atoms with van der Waals surface area (Å²) in [6.07, 6.45) is 1.64. The lowest BCUT2D eigenvalue weighted by molar-refractivity contribution is 0.102. The number of hydrogen-bond acceptors (Lipinski definition) is 6. The largest absolute Gasteiger partial charge is 0.336 e. The first kappa shape index (κ1) is 17.8. The minimum atomic E-state index is -0.240. The Morgan fingerprint density at radius 3 is 2.79 bits per heavy atom. The second-order valence-electron chi connectivity index (χ2n) is 7.00. The molecule has 4 aromatic rings. The molecule has 0 atom stereocenters. The maximum atomic E-state index is 13.1. The molecule has 0 aliphatic rings. The molecule has 1 amide bonds. The number of nitrogens with one attached hydrogen (secondary N) is 1. The number of benzene rings is 1. The molecule has 0 aliphatic heterocycles. The van der Waals surface area contributed by atoms with Crippen LogP contribution in [0.2, 0.25) is 0 Å². The molecule has 142 valence electrons. The average Bonchev–Trinajstić information content (AvgIpc) is 3.27. The van der Waals surface area contributed by atoms with E-state index in [1.165, 1.54) is 0 Å². The van der Waals surface area contributed by atoms with Gasteiger partial charge in [-0.2, -0.15) is 0 Å². The van der Waals surface area contributed by atoms with E-state index in [0.717, 1.165) is 17.1 Å². The molecular formula is C20H20N6O2. The van der Waals surface area contributed by atoms with Gasteiger partial charge in [0.1, 0.15) is 6.33 Å². The lowest BCUT2D eigenvalue weighted by atomic mass is 10.0. The summed E-state index contributed by atoms with van der Waals surface area (Å²) in [6.45, 7) is 5.83. The van der Waals surface area contributed by atoms with Crippen LogP contribution in [0.3, 0.4) is 0 Å². The van der Waals surface area contributed by atoms with E-state index < -0.39 is 0 Å². The molecule has 3 heterocycles. The molecule has 0 saturated heterocycles. The van der Waals surface area contributed by atoms with Gasteiger partial charge >= 0.3 is 0 Å². The van der Waals surface area contributed by atoms with Crippen LogP contribution in [0.5, 0.6) is 0 Å². The molecule has 3 aromatic heterocycles. The minimum Gasteiger partial charge on any atom is -0.336 e. The molecular weight excluding hydrogens is 356 g/mol. The molecule has 4 rings (SSSR count). The number of fused-ring (bicyclic) bond motifs is 1. The van der Waals surface area contributed by atoms with Crippen molar-refractivity contribution in [2.75, 3.05) is 5.32 Å². The lowest BCUT2D eigenvalue weighted by Crippen LogP contribution is -2.14. The fraction of sp³-hybridized carbons (Fsp3) is 0.250. The number of anilines is 1. The zero-order valence-corrected chi connectivity index (χ0v) is 16.1. The Kier molecular flexibility index (Phi) is 4.38. The van der Waals surface area contributed by atoms with Gasteiger partial charge in [-0.05, 0) is 31.0 Å². The summed E-state index contributed by atoms with van der Waals surface area (Å²) >= 11 is 0. The highest BCUT2D eigenvalue weighted by Gasteiger charge is 2.20. The van der Waals surface area contributed by atoms with Gasteiger partial charge in [0.25, 0.3) is 11.6 Å². The second kappa shape index (κ2) is 6.88. The molecule has 8 heteroatoms. The summed E-state index contributed by atoms with van der Waals surface area (Å²) in [6, 6.07) is 9.29. The van der Waals surface area contributed by atoms with Crippen molar-refractivity contribution >= 4 is 22.7 Å². The maximum Gasteiger partial charge on any atom is 0.259 e. The molecule has 1 aromatic carbocycles. The van der Waals surface area contributed by atoms with Crippen molar-refractivity contribution in [1.29, 1.82) is 0 Å². The third kappa shape index (κ3) is 3.13. The first-order chi connectivity index (χ1) is 13.4. The van der Waals surface area contributed by atoms with Crippen LogP contribution in [0.25, 0.3) is 22.5 Å². The van der Waals surface area contributed by atoms with Crippen molar-refractivity contribution in [2.24, 2.45) is 7.05 Å². The van der Waals surface area contributed by atoms with E-state index in [9.17, 15) is 4.79 Å². The van der Waals surface area contributed by atoms with E-state index in [0.29, 0.717) is 28.0 Å². The van der Waals surface area contributed by atoms with Crippen LogP contribution < -0.4 is 5.32 Å². The number of carbonyl (C=O) groups is 1. The van der Waals surface area contributed by atoms with Crippen molar-refractivity contribution in [1.82, 2.24) is 24.9 Å².